The van der Waals surface area contributed by atoms with E-state index in [4.69, 9.17) is 5.73 Å². The van der Waals surface area contributed by atoms with Crippen LogP contribution < -0.4 is 5.73 Å². The van der Waals surface area contributed by atoms with E-state index in [9.17, 15) is 13.2 Å². The van der Waals surface area contributed by atoms with E-state index < -0.39 is 23.7 Å². The van der Waals surface area contributed by atoms with E-state index in [1.54, 1.807) is 0 Å². The van der Waals surface area contributed by atoms with E-state index in [1.165, 1.54) is 12.1 Å². The van der Waals surface area contributed by atoms with Crippen LogP contribution >= 0.6 is 15.9 Å². The van der Waals surface area contributed by atoms with E-state index in [2.05, 4.69) is 15.9 Å². The molecular weight excluding hydrogens is 259 g/mol. The number of hydrogen-bond acceptors (Lipinski definition) is 1. The van der Waals surface area contributed by atoms with Crippen LogP contribution in [0.3, 0.4) is 0 Å². The van der Waals surface area contributed by atoms with E-state index in [0.29, 0.717) is 4.47 Å². The van der Waals surface area contributed by atoms with E-state index >= 15 is 0 Å². The molecule has 1 saturated carbocycles. The third-order valence-electron chi connectivity index (χ3n) is 2.44. The van der Waals surface area contributed by atoms with Crippen molar-refractivity contribution in [3.05, 3.63) is 34.1 Å². The molecule has 0 radical (unpaired) electrons. The van der Waals surface area contributed by atoms with Gasteiger partial charge in [0.05, 0.1) is 0 Å². The van der Waals surface area contributed by atoms with E-state index in [0.717, 1.165) is 6.07 Å². The van der Waals surface area contributed by atoms with Crippen molar-refractivity contribution in [1.82, 2.24) is 0 Å². The first-order chi connectivity index (χ1) is 6.37. The Kier molecular flexibility index (Phi) is 1.95. The fourth-order valence-electron chi connectivity index (χ4n) is 1.44. The number of rotatable bonds is 1. The molecule has 5 heteroatoms. The molecule has 1 aromatic rings. The maximum atomic E-state index is 13.2. The Bertz CT molecular complexity index is 394. The standard InChI is InChI=1S/C9H7BrF3N/c10-5-1-2-7(11)6(3-5)8(14)4-9(8,12)13/h1-3H,4,14H2. The average Bonchev–Trinajstić information content (AvgIpc) is 2.58. The summed E-state index contributed by atoms with van der Waals surface area (Å²) in [5.74, 6) is -3.68. The van der Waals surface area contributed by atoms with Crippen LogP contribution in [0.25, 0.3) is 0 Å². The molecule has 2 rings (SSSR count). The predicted octanol–water partition coefficient (Wildman–Crippen LogP) is 2.78. The summed E-state index contributed by atoms with van der Waals surface area (Å²) in [4.78, 5) is 0. The van der Waals surface area contributed by atoms with Crippen molar-refractivity contribution in [2.45, 2.75) is 17.9 Å². The van der Waals surface area contributed by atoms with Gasteiger partial charge in [-0.3, -0.25) is 0 Å². The number of nitrogens with two attached hydrogens (primary N) is 1. The predicted molar refractivity (Wildman–Crippen MR) is 49.5 cm³/mol. The van der Waals surface area contributed by atoms with Crippen LogP contribution in [0.5, 0.6) is 0 Å². The quantitative estimate of drug-likeness (QED) is 0.831. The summed E-state index contributed by atoms with van der Waals surface area (Å²) in [5, 5.41) is 0. The van der Waals surface area contributed by atoms with Gasteiger partial charge in [0.1, 0.15) is 11.4 Å². The van der Waals surface area contributed by atoms with Crippen LogP contribution in [0.1, 0.15) is 12.0 Å². The monoisotopic (exact) mass is 265 g/mol. The van der Waals surface area contributed by atoms with Gasteiger partial charge in [0.15, 0.2) is 0 Å². The van der Waals surface area contributed by atoms with Crippen LogP contribution in [0.2, 0.25) is 0 Å². The van der Waals surface area contributed by atoms with Crippen molar-refractivity contribution in [2.24, 2.45) is 5.73 Å². The lowest BCUT2D eigenvalue weighted by Gasteiger charge is -2.11. The maximum absolute atomic E-state index is 13.2. The molecule has 0 heterocycles. The first-order valence-corrected chi connectivity index (χ1v) is 4.78. The van der Waals surface area contributed by atoms with Crippen molar-refractivity contribution < 1.29 is 13.2 Å². The third kappa shape index (κ3) is 1.26. The number of alkyl halides is 2. The summed E-state index contributed by atoms with van der Waals surface area (Å²) in [6, 6.07) is 3.88. The minimum Gasteiger partial charge on any atom is -0.316 e. The van der Waals surface area contributed by atoms with Crippen LogP contribution in [-0.4, -0.2) is 5.92 Å². The number of benzene rings is 1. The van der Waals surface area contributed by atoms with Crippen molar-refractivity contribution >= 4 is 15.9 Å². The summed E-state index contributed by atoms with van der Waals surface area (Å²) in [7, 11) is 0. The Labute approximate surface area is 87.2 Å². The summed E-state index contributed by atoms with van der Waals surface area (Å²) in [6.07, 6.45) is -0.493. The molecule has 1 fully saturated rings. The van der Waals surface area contributed by atoms with Crippen molar-refractivity contribution in [1.29, 1.82) is 0 Å². The zero-order chi connectivity index (χ0) is 10.6. The Balaban J connectivity index is 2.48. The SMILES string of the molecule is NC1(c2cc(Br)ccc2F)CC1(F)F. The van der Waals surface area contributed by atoms with Gasteiger partial charge in [-0.2, -0.15) is 0 Å². The Morgan fingerprint density at radius 1 is 1.36 bits per heavy atom. The molecule has 1 aromatic carbocycles. The van der Waals surface area contributed by atoms with Gasteiger partial charge >= 0.3 is 0 Å². The highest BCUT2D eigenvalue weighted by Gasteiger charge is 2.70. The Hall–Kier alpha value is -0.550. The highest BCUT2D eigenvalue weighted by molar-refractivity contribution is 9.10. The van der Waals surface area contributed by atoms with E-state index in [-0.39, 0.29) is 5.56 Å². The fourth-order valence-corrected chi connectivity index (χ4v) is 1.80. The molecule has 1 atom stereocenters. The van der Waals surface area contributed by atoms with Gasteiger partial charge in [-0.05, 0) is 18.2 Å². The first kappa shape index (κ1) is 9.98. The second-order valence-electron chi connectivity index (χ2n) is 3.48. The molecule has 0 amide bonds. The minimum atomic E-state index is -2.99. The molecule has 1 nitrogen and oxygen atoms in total. The molecule has 1 unspecified atom stereocenters. The molecule has 0 aliphatic heterocycles. The second kappa shape index (κ2) is 2.73. The van der Waals surface area contributed by atoms with E-state index in [1.807, 2.05) is 0 Å². The number of hydrogen-bond donors (Lipinski definition) is 1. The zero-order valence-electron chi connectivity index (χ0n) is 7.03. The van der Waals surface area contributed by atoms with Gasteiger partial charge in [-0.15, -0.1) is 0 Å². The molecule has 14 heavy (non-hydrogen) atoms. The summed E-state index contributed by atoms with van der Waals surface area (Å²) < 4.78 is 39.5. The van der Waals surface area contributed by atoms with Gasteiger partial charge < -0.3 is 5.73 Å². The largest absolute Gasteiger partial charge is 0.316 e. The van der Waals surface area contributed by atoms with Crippen LogP contribution in [0.4, 0.5) is 13.2 Å². The van der Waals surface area contributed by atoms with Crippen molar-refractivity contribution in [3.8, 4) is 0 Å². The van der Waals surface area contributed by atoms with Crippen LogP contribution in [0.15, 0.2) is 22.7 Å². The lowest BCUT2D eigenvalue weighted by molar-refractivity contribution is 0.0881. The summed E-state index contributed by atoms with van der Waals surface area (Å²) in [6.45, 7) is 0. The van der Waals surface area contributed by atoms with Gasteiger partial charge in [-0.1, -0.05) is 15.9 Å². The molecule has 0 spiro atoms. The molecule has 1 aliphatic rings. The normalized spacial score (nSPS) is 28.9. The summed E-state index contributed by atoms with van der Waals surface area (Å²) >= 11 is 3.09. The number of halogens is 4. The third-order valence-corrected chi connectivity index (χ3v) is 2.93. The van der Waals surface area contributed by atoms with Gasteiger partial charge in [0, 0.05) is 16.5 Å². The summed E-state index contributed by atoms with van der Waals surface area (Å²) in [5.41, 5.74) is 3.46. The molecule has 1 aliphatic carbocycles. The van der Waals surface area contributed by atoms with Crippen LogP contribution in [-0.2, 0) is 5.54 Å². The second-order valence-corrected chi connectivity index (χ2v) is 4.39. The molecule has 0 bridgehead atoms. The van der Waals surface area contributed by atoms with Crippen LogP contribution in [0, 0.1) is 5.82 Å². The Morgan fingerprint density at radius 2 is 1.93 bits per heavy atom. The van der Waals surface area contributed by atoms with Gasteiger partial charge in [0.25, 0.3) is 5.92 Å². The van der Waals surface area contributed by atoms with Crippen molar-refractivity contribution in [2.75, 3.05) is 0 Å². The highest BCUT2D eigenvalue weighted by atomic mass is 79.9. The lowest BCUT2D eigenvalue weighted by atomic mass is 10.1. The average molecular weight is 266 g/mol. The molecular formula is C9H7BrF3N. The fraction of sp³-hybridized carbons (Fsp3) is 0.333. The van der Waals surface area contributed by atoms with Crippen molar-refractivity contribution in [3.63, 3.8) is 0 Å². The Morgan fingerprint density at radius 3 is 2.43 bits per heavy atom. The molecule has 0 aromatic heterocycles. The smallest absolute Gasteiger partial charge is 0.272 e. The molecule has 0 saturated heterocycles. The lowest BCUT2D eigenvalue weighted by Crippen LogP contribution is -2.28. The maximum Gasteiger partial charge on any atom is 0.272 e. The zero-order valence-corrected chi connectivity index (χ0v) is 8.61. The van der Waals surface area contributed by atoms with Gasteiger partial charge in [0.2, 0.25) is 0 Å². The topological polar surface area (TPSA) is 26.0 Å². The minimum absolute atomic E-state index is 0.128. The van der Waals surface area contributed by atoms with Gasteiger partial charge in [-0.25, -0.2) is 13.2 Å². The highest BCUT2D eigenvalue weighted by Crippen LogP contribution is 2.58. The molecule has 76 valence electrons. The molecule has 2 N–H and O–H groups in total. The first-order valence-electron chi connectivity index (χ1n) is 3.99.